The molecule has 4 N–H and O–H groups in total. The number of hydrogen-bond acceptors (Lipinski definition) is 4. The number of aliphatic carboxylic acids is 2. The van der Waals surface area contributed by atoms with Crippen LogP contribution in [0.5, 0.6) is 5.75 Å². The Bertz CT molecular complexity index is 613. The minimum atomic E-state index is -1.45. The summed E-state index contributed by atoms with van der Waals surface area (Å²) in [5.41, 5.74) is 5.71. The van der Waals surface area contributed by atoms with Gasteiger partial charge in [0.2, 0.25) is 0 Å². The van der Waals surface area contributed by atoms with Crippen molar-refractivity contribution >= 4 is 11.9 Å². The fourth-order valence-electron chi connectivity index (χ4n) is 4.07. The lowest BCUT2D eigenvalue weighted by molar-refractivity contribution is -0.147. The lowest BCUT2D eigenvalue weighted by atomic mass is 9.78. The summed E-state index contributed by atoms with van der Waals surface area (Å²) >= 11 is 0. The Morgan fingerprint density at radius 3 is 2.45 bits per heavy atom. The maximum atomic E-state index is 11.7. The number of ether oxygens (including phenoxy) is 1. The minimum Gasteiger partial charge on any atom is -0.497 e. The molecule has 0 radical (unpaired) electrons. The van der Waals surface area contributed by atoms with Gasteiger partial charge in [0.05, 0.1) is 13.0 Å². The van der Waals surface area contributed by atoms with Crippen molar-refractivity contribution in [2.75, 3.05) is 7.11 Å². The molecule has 3 rings (SSSR count). The van der Waals surface area contributed by atoms with Gasteiger partial charge in [-0.15, -0.1) is 0 Å². The van der Waals surface area contributed by atoms with Crippen LogP contribution in [-0.2, 0) is 16.0 Å². The SMILES string of the molecule is COc1ccc(CC2CC3C(C(=O)O)C3C2(N)C(=O)O)cc1. The van der Waals surface area contributed by atoms with Gasteiger partial charge in [-0.3, -0.25) is 9.59 Å². The summed E-state index contributed by atoms with van der Waals surface area (Å²) in [6, 6.07) is 7.42. The van der Waals surface area contributed by atoms with Gasteiger partial charge in [-0.2, -0.15) is 0 Å². The molecular weight excluding hydrogens is 286 g/mol. The highest BCUT2D eigenvalue weighted by Gasteiger charge is 2.73. The van der Waals surface area contributed by atoms with Crippen LogP contribution in [0.3, 0.4) is 0 Å². The average Bonchev–Trinajstić information content (AvgIpc) is 3.14. The van der Waals surface area contributed by atoms with Gasteiger partial charge in [-0.05, 0) is 42.4 Å². The third kappa shape index (κ3) is 2.06. The zero-order chi connectivity index (χ0) is 16.1. The van der Waals surface area contributed by atoms with E-state index in [4.69, 9.17) is 15.6 Å². The third-order valence-corrected chi connectivity index (χ3v) is 5.25. The molecule has 1 aromatic rings. The predicted molar refractivity (Wildman–Crippen MR) is 77.5 cm³/mol. The van der Waals surface area contributed by atoms with E-state index in [9.17, 15) is 14.7 Å². The lowest BCUT2D eigenvalue weighted by Crippen LogP contribution is -2.55. The molecule has 0 aromatic heterocycles. The molecule has 0 heterocycles. The second kappa shape index (κ2) is 4.98. The first-order valence-corrected chi connectivity index (χ1v) is 7.27. The monoisotopic (exact) mass is 305 g/mol. The number of methoxy groups -OCH3 is 1. The predicted octanol–water partition coefficient (Wildman–Crippen LogP) is 0.986. The summed E-state index contributed by atoms with van der Waals surface area (Å²) in [7, 11) is 1.58. The fourth-order valence-corrected chi connectivity index (χ4v) is 4.07. The summed E-state index contributed by atoms with van der Waals surface area (Å²) in [5.74, 6) is -2.71. The van der Waals surface area contributed by atoms with E-state index in [-0.39, 0.29) is 11.8 Å². The summed E-state index contributed by atoms with van der Waals surface area (Å²) in [5, 5.41) is 18.7. The maximum Gasteiger partial charge on any atom is 0.324 e. The Hall–Kier alpha value is -2.08. The van der Waals surface area contributed by atoms with Crippen LogP contribution < -0.4 is 10.5 Å². The quantitative estimate of drug-likeness (QED) is 0.748. The molecule has 2 saturated carbocycles. The van der Waals surface area contributed by atoms with E-state index < -0.39 is 29.3 Å². The van der Waals surface area contributed by atoms with Crippen LogP contribution in [-0.4, -0.2) is 34.8 Å². The largest absolute Gasteiger partial charge is 0.497 e. The molecule has 5 atom stereocenters. The summed E-state index contributed by atoms with van der Waals surface area (Å²) in [6.45, 7) is 0. The van der Waals surface area contributed by atoms with Gasteiger partial charge in [-0.1, -0.05) is 12.1 Å². The fraction of sp³-hybridized carbons (Fsp3) is 0.500. The molecule has 1 aromatic carbocycles. The molecule has 6 nitrogen and oxygen atoms in total. The smallest absolute Gasteiger partial charge is 0.324 e. The van der Waals surface area contributed by atoms with Gasteiger partial charge in [0.1, 0.15) is 11.3 Å². The van der Waals surface area contributed by atoms with Gasteiger partial charge in [0.25, 0.3) is 0 Å². The van der Waals surface area contributed by atoms with Crippen LogP contribution in [0.2, 0.25) is 0 Å². The normalized spacial score (nSPS) is 35.7. The number of fused-ring (bicyclic) bond motifs is 1. The van der Waals surface area contributed by atoms with Crippen molar-refractivity contribution < 1.29 is 24.5 Å². The van der Waals surface area contributed by atoms with Crippen LogP contribution in [0.15, 0.2) is 24.3 Å². The number of benzene rings is 1. The summed E-state index contributed by atoms with van der Waals surface area (Å²) < 4.78 is 5.10. The zero-order valence-electron chi connectivity index (χ0n) is 12.2. The Labute approximate surface area is 127 Å². The van der Waals surface area contributed by atoms with Crippen molar-refractivity contribution in [3.8, 4) is 5.75 Å². The molecule has 22 heavy (non-hydrogen) atoms. The molecule has 118 valence electrons. The number of carboxylic acid groups (broad SMARTS) is 2. The van der Waals surface area contributed by atoms with E-state index in [1.54, 1.807) is 7.11 Å². The van der Waals surface area contributed by atoms with Crippen molar-refractivity contribution in [2.24, 2.45) is 29.4 Å². The number of carbonyl (C=O) groups is 2. The summed E-state index contributed by atoms with van der Waals surface area (Å²) in [6.07, 6.45) is 1.09. The van der Waals surface area contributed by atoms with Gasteiger partial charge in [0, 0.05) is 5.92 Å². The number of nitrogens with two attached hydrogens (primary N) is 1. The van der Waals surface area contributed by atoms with E-state index in [1.807, 2.05) is 24.3 Å². The van der Waals surface area contributed by atoms with Gasteiger partial charge >= 0.3 is 11.9 Å². The highest BCUT2D eigenvalue weighted by atomic mass is 16.5. The Morgan fingerprint density at radius 1 is 1.32 bits per heavy atom. The molecule has 0 spiro atoms. The first-order valence-electron chi connectivity index (χ1n) is 7.27. The van der Waals surface area contributed by atoms with Crippen LogP contribution in [0, 0.1) is 23.7 Å². The Kier molecular flexibility index (Phi) is 3.36. The topological polar surface area (TPSA) is 110 Å². The van der Waals surface area contributed by atoms with E-state index in [2.05, 4.69) is 0 Å². The van der Waals surface area contributed by atoms with Crippen LogP contribution in [0.25, 0.3) is 0 Å². The third-order valence-electron chi connectivity index (χ3n) is 5.25. The molecule has 2 fully saturated rings. The van der Waals surface area contributed by atoms with Crippen LogP contribution in [0.4, 0.5) is 0 Å². The van der Waals surface area contributed by atoms with Crippen molar-refractivity contribution in [1.82, 2.24) is 0 Å². The molecule has 2 aliphatic rings. The molecule has 2 aliphatic carbocycles. The first kappa shape index (κ1) is 14.8. The number of carboxylic acids is 2. The molecule has 0 amide bonds. The van der Waals surface area contributed by atoms with Gasteiger partial charge in [-0.25, -0.2) is 0 Å². The molecule has 0 saturated heterocycles. The Balaban J connectivity index is 1.79. The minimum absolute atomic E-state index is 0.109. The van der Waals surface area contributed by atoms with Crippen molar-refractivity contribution in [3.05, 3.63) is 29.8 Å². The van der Waals surface area contributed by atoms with Crippen LogP contribution in [0.1, 0.15) is 12.0 Å². The molecule has 0 bridgehead atoms. The number of rotatable bonds is 5. The summed E-state index contributed by atoms with van der Waals surface area (Å²) in [4.78, 5) is 22.9. The van der Waals surface area contributed by atoms with Crippen LogP contribution >= 0.6 is 0 Å². The lowest BCUT2D eigenvalue weighted by Gasteiger charge is -2.31. The van der Waals surface area contributed by atoms with E-state index in [0.717, 1.165) is 11.3 Å². The van der Waals surface area contributed by atoms with Crippen molar-refractivity contribution in [2.45, 2.75) is 18.4 Å². The Morgan fingerprint density at radius 2 is 1.95 bits per heavy atom. The molecular formula is C16H19NO5. The maximum absolute atomic E-state index is 11.7. The van der Waals surface area contributed by atoms with Crippen molar-refractivity contribution in [1.29, 1.82) is 0 Å². The second-order valence-electron chi connectivity index (χ2n) is 6.28. The highest BCUT2D eigenvalue weighted by Crippen LogP contribution is 2.64. The second-order valence-corrected chi connectivity index (χ2v) is 6.28. The van der Waals surface area contributed by atoms with Gasteiger partial charge < -0.3 is 20.7 Å². The molecule has 0 aliphatic heterocycles. The van der Waals surface area contributed by atoms with Gasteiger partial charge in [0.15, 0.2) is 0 Å². The molecule has 6 heteroatoms. The van der Waals surface area contributed by atoms with E-state index in [0.29, 0.717) is 12.8 Å². The highest BCUT2D eigenvalue weighted by molar-refractivity contribution is 5.85. The van der Waals surface area contributed by atoms with Crippen molar-refractivity contribution in [3.63, 3.8) is 0 Å². The number of hydrogen-bond donors (Lipinski definition) is 3. The first-order chi connectivity index (χ1) is 10.4. The average molecular weight is 305 g/mol. The standard InChI is InChI=1S/C16H19NO5/c1-22-10-4-2-8(3-5-10)6-9-7-11-12(14(18)19)13(11)16(9,17)15(20)21/h2-5,9,11-13H,6-7,17H2,1H3,(H,18,19)(H,20,21). The van der Waals surface area contributed by atoms with E-state index >= 15 is 0 Å². The van der Waals surface area contributed by atoms with E-state index in [1.165, 1.54) is 0 Å². The zero-order valence-corrected chi connectivity index (χ0v) is 12.2. The molecule has 5 unspecified atom stereocenters.